The minimum atomic E-state index is -0.562. The molecule has 0 radical (unpaired) electrons. The Kier molecular flexibility index (Phi) is 5.91. The summed E-state index contributed by atoms with van der Waals surface area (Å²) < 4.78 is 0. The van der Waals surface area contributed by atoms with Crippen molar-refractivity contribution < 1.29 is 15.0 Å². The van der Waals surface area contributed by atoms with E-state index in [0.717, 1.165) is 23.1 Å². The van der Waals surface area contributed by atoms with Crippen LogP contribution in [0.2, 0.25) is 0 Å². The standard InChI is InChI=1S/C21H26N2O3/c1-22-16(12-14-6-9-17(24)10-7-14)8-11-20(26)23-21-18-5-3-2-4-15(18)13-19(21)25/h2-7,9-10,16,19,21-22,24-25H,8,11-13H2,1H3,(H,23,26)/t16-,19+,21-/m1/s1. The van der Waals surface area contributed by atoms with Crippen molar-refractivity contribution in [2.24, 2.45) is 0 Å². The lowest BCUT2D eigenvalue weighted by atomic mass is 10.0. The Morgan fingerprint density at radius 2 is 1.92 bits per heavy atom. The van der Waals surface area contributed by atoms with Crippen LogP contribution in [-0.2, 0) is 17.6 Å². The van der Waals surface area contributed by atoms with E-state index in [-0.39, 0.29) is 23.7 Å². The number of benzene rings is 2. The predicted molar refractivity (Wildman–Crippen MR) is 101 cm³/mol. The summed E-state index contributed by atoms with van der Waals surface area (Å²) in [6.07, 6.45) is 1.91. The number of rotatable bonds is 7. The molecule has 0 bridgehead atoms. The Labute approximate surface area is 154 Å². The van der Waals surface area contributed by atoms with E-state index in [1.54, 1.807) is 12.1 Å². The number of aliphatic hydroxyl groups is 1. The molecule has 0 saturated carbocycles. The highest BCUT2D eigenvalue weighted by molar-refractivity contribution is 5.76. The Morgan fingerprint density at radius 1 is 1.19 bits per heavy atom. The first-order valence-corrected chi connectivity index (χ1v) is 9.07. The lowest BCUT2D eigenvalue weighted by Gasteiger charge is -2.20. The number of hydrogen-bond donors (Lipinski definition) is 4. The van der Waals surface area contributed by atoms with Crippen molar-refractivity contribution in [1.82, 2.24) is 10.6 Å². The molecule has 3 rings (SSSR count). The molecule has 2 aromatic carbocycles. The minimum Gasteiger partial charge on any atom is -0.508 e. The van der Waals surface area contributed by atoms with Crippen LogP contribution in [0.3, 0.4) is 0 Å². The van der Waals surface area contributed by atoms with Gasteiger partial charge < -0.3 is 20.8 Å². The third-order valence-electron chi connectivity index (χ3n) is 5.07. The molecule has 1 aliphatic carbocycles. The number of aliphatic hydroxyl groups excluding tert-OH is 1. The topological polar surface area (TPSA) is 81.6 Å². The average molecular weight is 354 g/mol. The third kappa shape index (κ3) is 4.42. The Balaban J connectivity index is 1.52. The Morgan fingerprint density at radius 3 is 2.65 bits per heavy atom. The Bertz CT molecular complexity index is 745. The summed E-state index contributed by atoms with van der Waals surface area (Å²) in [7, 11) is 1.89. The molecule has 138 valence electrons. The number of hydrogen-bond acceptors (Lipinski definition) is 4. The number of aromatic hydroxyl groups is 1. The molecule has 3 atom stereocenters. The van der Waals surface area contributed by atoms with Gasteiger partial charge in [0.1, 0.15) is 5.75 Å². The monoisotopic (exact) mass is 354 g/mol. The molecule has 0 heterocycles. The number of likely N-dealkylation sites (N-methyl/N-ethyl adjacent to an activating group) is 1. The highest BCUT2D eigenvalue weighted by Gasteiger charge is 2.31. The van der Waals surface area contributed by atoms with Crippen LogP contribution >= 0.6 is 0 Å². The smallest absolute Gasteiger partial charge is 0.220 e. The summed E-state index contributed by atoms with van der Waals surface area (Å²) in [6, 6.07) is 14.9. The number of carbonyl (C=O) groups excluding carboxylic acids is 1. The van der Waals surface area contributed by atoms with Crippen LogP contribution in [-0.4, -0.2) is 35.3 Å². The number of phenolic OH excluding ortho intramolecular Hbond substituents is 1. The van der Waals surface area contributed by atoms with Gasteiger partial charge in [0.2, 0.25) is 5.91 Å². The van der Waals surface area contributed by atoms with E-state index in [2.05, 4.69) is 10.6 Å². The molecule has 1 amide bonds. The SMILES string of the molecule is CN[C@H](CCC(=O)N[C@@H]1c2ccccc2C[C@@H]1O)Cc1ccc(O)cc1. The van der Waals surface area contributed by atoms with E-state index in [9.17, 15) is 15.0 Å². The average Bonchev–Trinajstić information content (AvgIpc) is 2.96. The van der Waals surface area contributed by atoms with Crippen LogP contribution in [0.4, 0.5) is 0 Å². The van der Waals surface area contributed by atoms with Gasteiger partial charge >= 0.3 is 0 Å². The molecular formula is C21H26N2O3. The number of phenols is 1. The molecule has 0 aromatic heterocycles. The third-order valence-corrected chi connectivity index (χ3v) is 5.07. The van der Waals surface area contributed by atoms with Gasteiger partial charge in [-0.15, -0.1) is 0 Å². The van der Waals surface area contributed by atoms with Crippen molar-refractivity contribution >= 4 is 5.91 Å². The molecule has 4 N–H and O–H groups in total. The summed E-state index contributed by atoms with van der Waals surface area (Å²) in [5, 5.41) is 25.8. The maximum atomic E-state index is 12.4. The first-order chi connectivity index (χ1) is 12.6. The van der Waals surface area contributed by atoms with Gasteiger partial charge in [0.05, 0.1) is 12.1 Å². The van der Waals surface area contributed by atoms with Crippen molar-refractivity contribution in [3.8, 4) is 5.75 Å². The number of fused-ring (bicyclic) bond motifs is 1. The second-order valence-corrected chi connectivity index (χ2v) is 6.91. The summed E-state index contributed by atoms with van der Waals surface area (Å²) in [5.74, 6) is 0.209. The van der Waals surface area contributed by atoms with Gasteiger partial charge in [0, 0.05) is 18.9 Å². The number of carbonyl (C=O) groups is 1. The lowest BCUT2D eigenvalue weighted by molar-refractivity contribution is -0.122. The van der Waals surface area contributed by atoms with E-state index in [1.807, 2.05) is 43.4 Å². The van der Waals surface area contributed by atoms with Crippen LogP contribution < -0.4 is 10.6 Å². The zero-order valence-electron chi connectivity index (χ0n) is 15.0. The fourth-order valence-corrected chi connectivity index (χ4v) is 3.56. The first-order valence-electron chi connectivity index (χ1n) is 9.07. The summed E-state index contributed by atoms with van der Waals surface area (Å²) in [5.41, 5.74) is 3.23. The van der Waals surface area contributed by atoms with Gasteiger partial charge in [-0.25, -0.2) is 0 Å². The molecule has 0 saturated heterocycles. The van der Waals surface area contributed by atoms with Crippen molar-refractivity contribution in [3.63, 3.8) is 0 Å². The molecular weight excluding hydrogens is 328 g/mol. The van der Waals surface area contributed by atoms with Crippen LogP contribution in [0.25, 0.3) is 0 Å². The minimum absolute atomic E-state index is 0.0447. The summed E-state index contributed by atoms with van der Waals surface area (Å²) in [4.78, 5) is 12.4. The summed E-state index contributed by atoms with van der Waals surface area (Å²) in [6.45, 7) is 0. The van der Waals surface area contributed by atoms with E-state index in [4.69, 9.17) is 0 Å². The zero-order valence-corrected chi connectivity index (χ0v) is 15.0. The molecule has 0 aliphatic heterocycles. The largest absolute Gasteiger partial charge is 0.508 e. The maximum absolute atomic E-state index is 12.4. The lowest BCUT2D eigenvalue weighted by Crippen LogP contribution is -2.35. The van der Waals surface area contributed by atoms with Crippen molar-refractivity contribution in [1.29, 1.82) is 0 Å². The van der Waals surface area contributed by atoms with Crippen molar-refractivity contribution in [3.05, 3.63) is 65.2 Å². The first kappa shape index (κ1) is 18.4. The van der Waals surface area contributed by atoms with Crippen LogP contribution in [0.15, 0.2) is 48.5 Å². The van der Waals surface area contributed by atoms with E-state index < -0.39 is 6.10 Å². The maximum Gasteiger partial charge on any atom is 0.220 e. The second-order valence-electron chi connectivity index (χ2n) is 6.91. The quantitative estimate of drug-likeness (QED) is 0.614. The van der Waals surface area contributed by atoms with E-state index >= 15 is 0 Å². The molecule has 0 spiro atoms. The highest BCUT2D eigenvalue weighted by atomic mass is 16.3. The molecule has 0 fully saturated rings. The predicted octanol–water partition coefficient (Wildman–Crippen LogP) is 2.08. The van der Waals surface area contributed by atoms with E-state index in [0.29, 0.717) is 19.3 Å². The van der Waals surface area contributed by atoms with E-state index in [1.165, 1.54) is 0 Å². The van der Waals surface area contributed by atoms with Crippen LogP contribution in [0.5, 0.6) is 5.75 Å². The summed E-state index contributed by atoms with van der Waals surface area (Å²) >= 11 is 0. The highest BCUT2D eigenvalue weighted by Crippen LogP contribution is 2.31. The van der Waals surface area contributed by atoms with Gasteiger partial charge in [0.15, 0.2) is 0 Å². The molecule has 2 aromatic rings. The van der Waals surface area contributed by atoms with Gasteiger partial charge in [-0.05, 0) is 48.7 Å². The van der Waals surface area contributed by atoms with Gasteiger partial charge in [-0.3, -0.25) is 4.79 Å². The van der Waals surface area contributed by atoms with Crippen molar-refractivity contribution in [2.75, 3.05) is 7.05 Å². The molecule has 26 heavy (non-hydrogen) atoms. The fraction of sp³-hybridized carbons (Fsp3) is 0.381. The normalized spacial score (nSPS) is 19.8. The van der Waals surface area contributed by atoms with Gasteiger partial charge in [-0.2, -0.15) is 0 Å². The molecule has 1 aliphatic rings. The molecule has 5 heteroatoms. The number of nitrogens with one attached hydrogen (secondary N) is 2. The molecule has 5 nitrogen and oxygen atoms in total. The fourth-order valence-electron chi connectivity index (χ4n) is 3.56. The van der Waals surface area contributed by atoms with Gasteiger partial charge in [-0.1, -0.05) is 36.4 Å². The second kappa shape index (κ2) is 8.34. The zero-order chi connectivity index (χ0) is 18.5. The molecule has 0 unspecified atom stereocenters. The van der Waals surface area contributed by atoms with Gasteiger partial charge in [0.25, 0.3) is 0 Å². The Hall–Kier alpha value is -2.37. The van der Waals surface area contributed by atoms with Crippen LogP contribution in [0, 0.1) is 0 Å². The number of amides is 1. The van der Waals surface area contributed by atoms with Crippen LogP contribution in [0.1, 0.15) is 35.6 Å². The van der Waals surface area contributed by atoms with Crippen molar-refractivity contribution in [2.45, 2.75) is 43.9 Å².